The average molecular weight is 335 g/mol. The molecule has 0 unspecified atom stereocenters. The number of carboxylic acids is 1. The van der Waals surface area contributed by atoms with E-state index in [0.717, 1.165) is 0 Å². The van der Waals surface area contributed by atoms with Gasteiger partial charge in [-0.3, -0.25) is 9.59 Å². The lowest BCUT2D eigenvalue weighted by Crippen LogP contribution is -2.52. The second-order valence-electron chi connectivity index (χ2n) is 5.14. The number of nitriles is 1. The third-order valence-corrected chi connectivity index (χ3v) is 3.24. The summed E-state index contributed by atoms with van der Waals surface area (Å²) in [5, 5.41) is 22.3. The maximum absolute atomic E-state index is 13.7. The molecule has 0 heterocycles. The summed E-state index contributed by atoms with van der Waals surface area (Å²) in [7, 11) is 0. The van der Waals surface area contributed by atoms with Crippen LogP contribution in [0.4, 0.5) is 4.39 Å². The third kappa shape index (κ3) is 6.04. The molecular formula is C16H18FN3O4. The van der Waals surface area contributed by atoms with Crippen molar-refractivity contribution >= 4 is 17.8 Å². The van der Waals surface area contributed by atoms with E-state index in [0.29, 0.717) is 0 Å². The quantitative estimate of drug-likeness (QED) is 0.647. The van der Waals surface area contributed by atoms with Crippen molar-refractivity contribution in [3.63, 3.8) is 0 Å². The fourth-order valence-electron chi connectivity index (χ4n) is 2.08. The van der Waals surface area contributed by atoms with E-state index in [1.807, 2.05) is 0 Å². The van der Waals surface area contributed by atoms with Crippen molar-refractivity contribution in [1.29, 1.82) is 5.26 Å². The first-order chi connectivity index (χ1) is 11.3. The Labute approximate surface area is 138 Å². The first kappa shape index (κ1) is 19.1. The maximum Gasteiger partial charge on any atom is 0.326 e. The van der Waals surface area contributed by atoms with Crippen molar-refractivity contribution in [3.05, 3.63) is 35.6 Å². The van der Waals surface area contributed by atoms with Crippen LogP contribution in [0.1, 0.15) is 25.3 Å². The van der Waals surface area contributed by atoms with Crippen molar-refractivity contribution in [1.82, 2.24) is 10.6 Å². The largest absolute Gasteiger partial charge is 0.480 e. The number of carbonyl (C=O) groups is 3. The molecule has 0 saturated carbocycles. The van der Waals surface area contributed by atoms with Gasteiger partial charge in [0.2, 0.25) is 11.8 Å². The molecule has 2 amide bonds. The van der Waals surface area contributed by atoms with Crippen LogP contribution in [0, 0.1) is 17.1 Å². The van der Waals surface area contributed by atoms with E-state index in [4.69, 9.17) is 10.4 Å². The van der Waals surface area contributed by atoms with Crippen LogP contribution in [-0.2, 0) is 20.8 Å². The van der Waals surface area contributed by atoms with E-state index in [9.17, 15) is 18.8 Å². The minimum absolute atomic E-state index is 0.0463. The van der Waals surface area contributed by atoms with Gasteiger partial charge in [-0.1, -0.05) is 18.2 Å². The van der Waals surface area contributed by atoms with Gasteiger partial charge < -0.3 is 15.7 Å². The summed E-state index contributed by atoms with van der Waals surface area (Å²) in [4.78, 5) is 34.7. The van der Waals surface area contributed by atoms with Gasteiger partial charge in [-0.2, -0.15) is 5.26 Å². The molecule has 8 heteroatoms. The molecular weight excluding hydrogens is 317 g/mol. The summed E-state index contributed by atoms with van der Waals surface area (Å²) >= 11 is 0. The van der Waals surface area contributed by atoms with Gasteiger partial charge in [-0.05, 0) is 18.1 Å². The molecule has 24 heavy (non-hydrogen) atoms. The molecule has 0 aliphatic heterocycles. The van der Waals surface area contributed by atoms with Gasteiger partial charge in [0.05, 0.1) is 6.07 Å². The lowest BCUT2D eigenvalue weighted by atomic mass is 10.0. The lowest BCUT2D eigenvalue weighted by molar-refractivity contribution is -0.142. The van der Waals surface area contributed by atoms with E-state index >= 15 is 0 Å². The topological polar surface area (TPSA) is 119 Å². The van der Waals surface area contributed by atoms with Gasteiger partial charge in [-0.15, -0.1) is 0 Å². The molecule has 128 valence electrons. The highest BCUT2D eigenvalue weighted by Gasteiger charge is 2.26. The number of carbonyl (C=O) groups excluding carboxylic acids is 2. The fraction of sp³-hybridized carbons (Fsp3) is 0.375. The Bertz CT molecular complexity index is 657. The zero-order valence-corrected chi connectivity index (χ0v) is 13.1. The number of hydrogen-bond donors (Lipinski definition) is 3. The van der Waals surface area contributed by atoms with Crippen LogP contribution >= 0.6 is 0 Å². The smallest absolute Gasteiger partial charge is 0.326 e. The Balaban J connectivity index is 2.88. The molecule has 7 nitrogen and oxygen atoms in total. The molecule has 0 aromatic heterocycles. The Kier molecular flexibility index (Phi) is 7.36. The predicted molar refractivity (Wildman–Crippen MR) is 82.1 cm³/mol. The Hall–Kier alpha value is -2.95. The van der Waals surface area contributed by atoms with Crippen LogP contribution in [0.5, 0.6) is 0 Å². The van der Waals surface area contributed by atoms with E-state index in [2.05, 4.69) is 10.6 Å². The van der Waals surface area contributed by atoms with Crippen LogP contribution < -0.4 is 10.6 Å². The zero-order valence-electron chi connectivity index (χ0n) is 13.1. The minimum atomic E-state index is -1.29. The summed E-state index contributed by atoms with van der Waals surface area (Å²) in [6.07, 6.45) is -0.234. The van der Waals surface area contributed by atoms with Crippen LogP contribution in [0.2, 0.25) is 0 Å². The molecule has 0 spiro atoms. The highest BCUT2D eigenvalue weighted by Crippen LogP contribution is 2.10. The third-order valence-electron chi connectivity index (χ3n) is 3.24. The highest BCUT2D eigenvalue weighted by atomic mass is 19.1. The molecule has 2 atom stereocenters. The molecule has 1 rings (SSSR count). The number of benzene rings is 1. The number of nitrogens with zero attached hydrogens (tertiary/aromatic N) is 1. The zero-order chi connectivity index (χ0) is 18.1. The van der Waals surface area contributed by atoms with Crippen molar-refractivity contribution < 1.29 is 23.9 Å². The van der Waals surface area contributed by atoms with E-state index in [1.54, 1.807) is 12.1 Å². The van der Waals surface area contributed by atoms with Gasteiger partial charge >= 0.3 is 5.97 Å². The number of rotatable bonds is 8. The molecule has 0 radical (unpaired) electrons. The van der Waals surface area contributed by atoms with Crippen LogP contribution in [0.3, 0.4) is 0 Å². The molecule has 0 aliphatic rings. The fourth-order valence-corrected chi connectivity index (χ4v) is 2.08. The number of hydrogen-bond acceptors (Lipinski definition) is 4. The van der Waals surface area contributed by atoms with Crippen molar-refractivity contribution in [3.8, 4) is 6.07 Å². The van der Waals surface area contributed by atoms with Gasteiger partial charge in [0.1, 0.15) is 17.9 Å². The molecule has 1 aromatic rings. The second kappa shape index (κ2) is 9.25. The average Bonchev–Trinajstić information content (AvgIpc) is 2.51. The van der Waals surface area contributed by atoms with Crippen LogP contribution in [0.25, 0.3) is 0 Å². The first-order valence-electron chi connectivity index (χ1n) is 7.25. The number of halogens is 1. The van der Waals surface area contributed by atoms with E-state index < -0.39 is 35.7 Å². The number of amides is 2. The Morgan fingerprint density at radius 1 is 1.25 bits per heavy atom. The second-order valence-corrected chi connectivity index (χ2v) is 5.14. The lowest BCUT2D eigenvalue weighted by Gasteiger charge is -2.21. The van der Waals surface area contributed by atoms with Crippen LogP contribution in [0.15, 0.2) is 24.3 Å². The summed E-state index contributed by atoms with van der Waals surface area (Å²) in [6.45, 7) is 1.20. The van der Waals surface area contributed by atoms with Crippen LogP contribution in [-0.4, -0.2) is 35.0 Å². The molecule has 3 N–H and O–H groups in total. The SMILES string of the molecule is CC(=O)N[C@@H](Cc1ccccc1F)C(=O)N[C@H](CCC#N)C(=O)O. The Morgan fingerprint density at radius 2 is 1.92 bits per heavy atom. The standard InChI is InChI=1S/C16H18FN3O4/c1-10(21)19-14(9-11-5-2-3-6-12(11)17)15(22)20-13(16(23)24)7-4-8-18/h2-3,5-6,13-14H,4,7,9H2,1H3,(H,19,21)(H,20,22)(H,23,24)/t13-,14+/m1/s1. The van der Waals surface area contributed by atoms with Gasteiger partial charge in [0.15, 0.2) is 0 Å². The molecule has 0 fully saturated rings. The molecule has 0 aliphatic carbocycles. The molecule has 0 bridgehead atoms. The highest BCUT2D eigenvalue weighted by molar-refractivity contribution is 5.90. The number of aliphatic carboxylic acids is 1. The molecule has 1 aromatic carbocycles. The monoisotopic (exact) mass is 335 g/mol. The van der Waals surface area contributed by atoms with Gasteiger partial charge in [-0.25, -0.2) is 9.18 Å². The number of nitrogens with one attached hydrogen (secondary N) is 2. The first-order valence-corrected chi connectivity index (χ1v) is 7.25. The van der Waals surface area contributed by atoms with Crippen molar-refractivity contribution in [2.75, 3.05) is 0 Å². The van der Waals surface area contributed by atoms with Gasteiger partial charge in [0.25, 0.3) is 0 Å². The molecule has 0 saturated heterocycles. The minimum Gasteiger partial charge on any atom is -0.480 e. The van der Waals surface area contributed by atoms with E-state index in [-0.39, 0.29) is 24.8 Å². The summed E-state index contributed by atoms with van der Waals surface area (Å²) in [5.74, 6) is -3.07. The van der Waals surface area contributed by atoms with Gasteiger partial charge in [0, 0.05) is 19.8 Å². The Morgan fingerprint density at radius 3 is 2.46 bits per heavy atom. The number of carboxylic acid groups (broad SMARTS) is 1. The summed E-state index contributed by atoms with van der Waals surface area (Å²) in [5.41, 5.74) is 0.218. The normalized spacial score (nSPS) is 12.5. The predicted octanol–water partition coefficient (Wildman–Crippen LogP) is 0.746. The summed E-state index contributed by atoms with van der Waals surface area (Å²) < 4.78 is 13.7. The van der Waals surface area contributed by atoms with E-state index in [1.165, 1.54) is 25.1 Å². The van der Waals surface area contributed by atoms with Crippen molar-refractivity contribution in [2.45, 2.75) is 38.3 Å². The van der Waals surface area contributed by atoms with Crippen molar-refractivity contribution in [2.24, 2.45) is 0 Å². The summed E-state index contributed by atoms with van der Waals surface area (Å²) in [6, 6.07) is 5.21. The maximum atomic E-state index is 13.7.